The number of unbranched alkanes of at least 4 members (excludes halogenated alkanes) is 31. The number of hydrogen-bond donors (Lipinski definition) is 4. The lowest BCUT2D eigenvalue weighted by Gasteiger charge is -2.26. The van der Waals surface area contributed by atoms with Gasteiger partial charge in [-0.15, -0.1) is 0 Å². The van der Waals surface area contributed by atoms with Crippen LogP contribution in [0.25, 0.3) is 0 Å². The Hall–Kier alpha value is -0.650. The Labute approximate surface area is 294 Å². The Kier molecular flexibility index (Phi) is 37.6. The highest BCUT2D eigenvalue weighted by Gasteiger charge is 2.26. The smallest absolute Gasteiger partial charge is 0.220 e. The van der Waals surface area contributed by atoms with Crippen molar-refractivity contribution < 1.29 is 20.1 Å². The molecule has 0 aliphatic carbocycles. The highest BCUT2D eigenvalue weighted by atomic mass is 16.3. The minimum atomic E-state index is -1.13. The predicted molar refractivity (Wildman–Crippen MR) is 204 cm³/mol. The van der Waals surface area contributed by atoms with E-state index in [2.05, 4.69) is 19.2 Å². The number of nitrogens with one attached hydrogen (secondary N) is 1. The van der Waals surface area contributed by atoms with Crippen LogP contribution in [0.4, 0.5) is 0 Å². The van der Waals surface area contributed by atoms with Crippen molar-refractivity contribution >= 4 is 5.91 Å². The molecule has 0 aromatic carbocycles. The molecule has 0 heterocycles. The Morgan fingerprint density at radius 1 is 0.447 bits per heavy atom. The molecule has 0 saturated carbocycles. The van der Waals surface area contributed by atoms with E-state index in [1.165, 1.54) is 180 Å². The number of aliphatic hydroxyl groups is 3. The lowest BCUT2D eigenvalue weighted by Crippen LogP contribution is -2.50. The molecule has 0 aromatic heterocycles. The van der Waals surface area contributed by atoms with Gasteiger partial charge in [-0.25, -0.2) is 0 Å². The van der Waals surface area contributed by atoms with Crippen molar-refractivity contribution in [3.05, 3.63) is 0 Å². The lowest BCUT2D eigenvalue weighted by atomic mass is 9.99. The van der Waals surface area contributed by atoms with Crippen molar-refractivity contribution in [2.45, 2.75) is 257 Å². The fourth-order valence-electron chi connectivity index (χ4n) is 6.87. The predicted octanol–water partition coefficient (Wildman–Crippen LogP) is 11.9. The zero-order chi connectivity index (χ0) is 34.5. The van der Waals surface area contributed by atoms with Crippen LogP contribution in [0, 0.1) is 0 Å². The van der Waals surface area contributed by atoms with Crippen LogP contribution in [0.2, 0.25) is 0 Å². The first-order chi connectivity index (χ1) is 23.1. The van der Waals surface area contributed by atoms with Crippen molar-refractivity contribution in [1.29, 1.82) is 0 Å². The first-order valence-electron chi connectivity index (χ1n) is 21.3. The van der Waals surface area contributed by atoms with E-state index in [-0.39, 0.29) is 12.5 Å². The molecule has 0 rings (SSSR count). The second-order valence-electron chi connectivity index (χ2n) is 14.9. The van der Waals surface area contributed by atoms with E-state index >= 15 is 0 Å². The fraction of sp³-hybridized carbons (Fsp3) is 0.976. The zero-order valence-corrected chi connectivity index (χ0v) is 31.9. The summed E-state index contributed by atoms with van der Waals surface area (Å²) in [6.45, 7) is 4.17. The molecule has 0 radical (unpaired) electrons. The summed E-state index contributed by atoms with van der Waals surface area (Å²) in [5, 5.41) is 33.4. The summed E-state index contributed by atoms with van der Waals surface area (Å²) < 4.78 is 0. The SMILES string of the molecule is CCCCCCCCCCCCCCCCCCCCCCCCCC(O)C(O)C(CO)NC(=O)CCCCCCCCCCCC. The lowest BCUT2D eigenvalue weighted by molar-refractivity contribution is -0.124. The van der Waals surface area contributed by atoms with E-state index in [1.807, 2.05) is 0 Å². The Morgan fingerprint density at radius 2 is 0.723 bits per heavy atom. The highest BCUT2D eigenvalue weighted by Crippen LogP contribution is 2.17. The van der Waals surface area contributed by atoms with Gasteiger partial charge < -0.3 is 20.6 Å². The number of aliphatic hydroxyl groups excluding tert-OH is 3. The fourth-order valence-corrected chi connectivity index (χ4v) is 6.87. The van der Waals surface area contributed by atoms with Crippen LogP contribution in [0.3, 0.4) is 0 Å². The Bertz CT molecular complexity index is 615. The molecule has 0 aromatic rings. The molecule has 3 atom stereocenters. The summed E-state index contributed by atoms with van der Waals surface area (Å²) >= 11 is 0. The van der Waals surface area contributed by atoms with Crippen LogP contribution in [0.1, 0.15) is 239 Å². The van der Waals surface area contributed by atoms with Gasteiger partial charge in [-0.1, -0.05) is 219 Å². The van der Waals surface area contributed by atoms with Crippen LogP contribution in [0.15, 0.2) is 0 Å². The molecule has 0 spiro atoms. The van der Waals surface area contributed by atoms with E-state index in [9.17, 15) is 20.1 Å². The van der Waals surface area contributed by atoms with E-state index < -0.39 is 18.2 Å². The van der Waals surface area contributed by atoms with Crippen LogP contribution >= 0.6 is 0 Å². The molecular weight excluding hydrogens is 582 g/mol. The first-order valence-corrected chi connectivity index (χ1v) is 21.3. The molecule has 0 bridgehead atoms. The van der Waals surface area contributed by atoms with E-state index in [0.717, 1.165) is 32.1 Å². The maximum atomic E-state index is 12.3. The normalized spacial score (nSPS) is 13.6. The van der Waals surface area contributed by atoms with Crippen molar-refractivity contribution in [3.63, 3.8) is 0 Å². The highest BCUT2D eigenvalue weighted by molar-refractivity contribution is 5.76. The average molecular weight is 668 g/mol. The minimum Gasteiger partial charge on any atom is -0.394 e. The number of carbonyl (C=O) groups is 1. The molecule has 4 N–H and O–H groups in total. The van der Waals surface area contributed by atoms with Gasteiger partial charge in [0.2, 0.25) is 5.91 Å². The number of rotatable bonds is 39. The molecule has 3 unspecified atom stereocenters. The summed E-state index contributed by atoms with van der Waals surface area (Å²) in [5.41, 5.74) is 0. The summed E-state index contributed by atoms with van der Waals surface area (Å²) in [5.74, 6) is -0.144. The van der Waals surface area contributed by atoms with Crippen LogP contribution in [-0.2, 0) is 4.79 Å². The number of hydrogen-bond acceptors (Lipinski definition) is 4. The third kappa shape index (κ3) is 33.6. The molecule has 5 heteroatoms. The molecule has 0 fully saturated rings. The zero-order valence-electron chi connectivity index (χ0n) is 31.9. The van der Waals surface area contributed by atoms with Crippen molar-refractivity contribution in [2.24, 2.45) is 0 Å². The van der Waals surface area contributed by atoms with Gasteiger partial charge in [0.05, 0.1) is 18.8 Å². The van der Waals surface area contributed by atoms with Gasteiger partial charge in [0.15, 0.2) is 0 Å². The summed E-state index contributed by atoms with van der Waals surface area (Å²) in [6.07, 6.45) is 42.2. The Morgan fingerprint density at radius 3 is 1.02 bits per heavy atom. The molecule has 0 aliphatic rings. The molecule has 282 valence electrons. The largest absolute Gasteiger partial charge is 0.394 e. The second kappa shape index (κ2) is 38.2. The third-order valence-electron chi connectivity index (χ3n) is 10.2. The van der Waals surface area contributed by atoms with Crippen molar-refractivity contribution in [3.8, 4) is 0 Å². The molecule has 5 nitrogen and oxygen atoms in total. The van der Waals surface area contributed by atoms with E-state index in [4.69, 9.17) is 0 Å². The Balaban J connectivity index is 3.53. The summed E-state index contributed by atoms with van der Waals surface area (Å²) in [4.78, 5) is 12.3. The number of carbonyl (C=O) groups excluding carboxylic acids is 1. The molecule has 1 amide bonds. The van der Waals surface area contributed by atoms with E-state index in [1.54, 1.807) is 0 Å². The molecular formula is C42H85NO4. The van der Waals surface area contributed by atoms with Crippen LogP contribution in [0.5, 0.6) is 0 Å². The van der Waals surface area contributed by atoms with Crippen LogP contribution in [-0.4, -0.2) is 46.1 Å². The van der Waals surface area contributed by atoms with Crippen molar-refractivity contribution in [2.75, 3.05) is 6.61 Å². The van der Waals surface area contributed by atoms with Gasteiger partial charge in [0, 0.05) is 6.42 Å². The molecule has 0 saturated heterocycles. The minimum absolute atomic E-state index is 0.144. The van der Waals surface area contributed by atoms with Gasteiger partial charge in [0.25, 0.3) is 0 Å². The van der Waals surface area contributed by atoms with Gasteiger partial charge in [-0.3, -0.25) is 4.79 Å². The first kappa shape index (κ1) is 46.4. The maximum absolute atomic E-state index is 12.3. The summed E-state index contributed by atoms with van der Waals surface area (Å²) in [7, 11) is 0. The quantitative estimate of drug-likeness (QED) is 0.0491. The maximum Gasteiger partial charge on any atom is 0.220 e. The standard InChI is InChI=1S/C42H85NO4/c1-3-5-7-9-11-13-15-16-17-18-19-20-21-22-23-24-25-26-27-28-30-32-34-36-40(45)42(47)39(38-44)43-41(46)37-35-33-31-29-14-12-10-8-6-4-2/h39-40,42,44-45,47H,3-38H2,1-2H3,(H,43,46). The van der Waals surface area contributed by atoms with Gasteiger partial charge in [-0.2, -0.15) is 0 Å². The average Bonchev–Trinajstić information content (AvgIpc) is 3.07. The monoisotopic (exact) mass is 668 g/mol. The molecule has 47 heavy (non-hydrogen) atoms. The summed E-state index contributed by atoms with van der Waals surface area (Å²) in [6, 6.07) is -0.801. The van der Waals surface area contributed by atoms with Crippen molar-refractivity contribution in [1.82, 2.24) is 5.32 Å². The van der Waals surface area contributed by atoms with Gasteiger partial charge >= 0.3 is 0 Å². The van der Waals surface area contributed by atoms with Gasteiger partial charge in [-0.05, 0) is 12.8 Å². The topological polar surface area (TPSA) is 89.8 Å². The van der Waals surface area contributed by atoms with Gasteiger partial charge in [0.1, 0.15) is 6.10 Å². The molecule has 0 aliphatic heterocycles. The third-order valence-corrected chi connectivity index (χ3v) is 10.2. The number of amides is 1. The second-order valence-corrected chi connectivity index (χ2v) is 14.9. The van der Waals surface area contributed by atoms with Crippen LogP contribution < -0.4 is 5.32 Å². The van der Waals surface area contributed by atoms with E-state index in [0.29, 0.717) is 12.8 Å².